The quantitative estimate of drug-likeness (QED) is 0.219. The molecule has 1 atom stereocenters. The van der Waals surface area contributed by atoms with Gasteiger partial charge in [0.1, 0.15) is 40.4 Å². The standard InChI is InChI=1S/C38H48F2N6O6S/c1-50-33-19-32(27(39)18-30(33)41-29-2-3-35(47)44-37(29)48)46-12-6-23(7-13-46)20-45-10-4-24(5-11-45)21-52-25-16-28(40)36-31(17-25)42-34(43-38(36)49)22-53-26-8-14-51-15-9-26/h16-19,23-24,26,29,41H,2-15,20-22H2,1H3,(H,42,43,49)(H,44,47,48). The molecule has 3 aromatic rings. The van der Waals surface area contributed by atoms with Crippen molar-refractivity contribution in [1.29, 1.82) is 0 Å². The smallest absolute Gasteiger partial charge is 0.261 e. The molecule has 4 saturated heterocycles. The number of methoxy groups -OCH3 is 1. The number of fused-ring (bicyclic) bond motifs is 1. The number of H-pyrrole nitrogens is 1. The molecule has 4 aliphatic rings. The van der Waals surface area contributed by atoms with Gasteiger partial charge in [-0.05, 0) is 69.9 Å². The van der Waals surface area contributed by atoms with Crippen molar-refractivity contribution in [2.45, 2.75) is 68.4 Å². The number of likely N-dealkylation sites (tertiary alicyclic amines) is 1. The zero-order valence-corrected chi connectivity index (χ0v) is 30.9. The van der Waals surface area contributed by atoms with E-state index in [9.17, 15) is 14.4 Å². The van der Waals surface area contributed by atoms with Gasteiger partial charge in [0.2, 0.25) is 11.8 Å². The lowest BCUT2D eigenvalue weighted by molar-refractivity contribution is -0.133. The summed E-state index contributed by atoms with van der Waals surface area (Å²) in [5.41, 5.74) is 0.707. The molecular weight excluding hydrogens is 707 g/mol. The van der Waals surface area contributed by atoms with Crippen molar-refractivity contribution in [3.05, 3.63) is 52.1 Å². The maximum Gasteiger partial charge on any atom is 0.261 e. The fourth-order valence-corrected chi connectivity index (χ4v) is 8.85. The molecule has 0 spiro atoms. The Kier molecular flexibility index (Phi) is 12.0. The minimum Gasteiger partial charge on any atom is -0.495 e. The highest BCUT2D eigenvalue weighted by Gasteiger charge is 2.30. The van der Waals surface area contributed by atoms with Crippen LogP contribution in [0.5, 0.6) is 11.5 Å². The highest BCUT2D eigenvalue weighted by Crippen LogP contribution is 2.36. The largest absolute Gasteiger partial charge is 0.495 e. The Labute approximate surface area is 311 Å². The van der Waals surface area contributed by atoms with Crippen LogP contribution in [0.2, 0.25) is 0 Å². The van der Waals surface area contributed by atoms with Gasteiger partial charge in [-0.1, -0.05) is 0 Å². The molecular formula is C38H48F2N6O6S. The fourth-order valence-electron chi connectivity index (χ4n) is 7.80. The number of hydrogen-bond donors (Lipinski definition) is 3. The van der Waals surface area contributed by atoms with Crippen LogP contribution in [0.1, 0.15) is 57.2 Å². The number of anilines is 2. The molecule has 5 heterocycles. The van der Waals surface area contributed by atoms with Gasteiger partial charge in [-0.25, -0.2) is 13.8 Å². The van der Waals surface area contributed by atoms with Crippen LogP contribution in [0, 0.1) is 23.5 Å². The molecule has 0 aliphatic carbocycles. The summed E-state index contributed by atoms with van der Waals surface area (Å²) in [5, 5.41) is 5.77. The van der Waals surface area contributed by atoms with Gasteiger partial charge in [-0.3, -0.25) is 19.7 Å². The number of aromatic amines is 1. The number of carbonyl (C=O) groups is 2. The summed E-state index contributed by atoms with van der Waals surface area (Å²) < 4.78 is 47.5. The van der Waals surface area contributed by atoms with Gasteiger partial charge in [0.25, 0.3) is 5.56 Å². The summed E-state index contributed by atoms with van der Waals surface area (Å²) in [6.45, 7) is 6.34. The van der Waals surface area contributed by atoms with Gasteiger partial charge in [0.15, 0.2) is 0 Å². The molecule has 3 N–H and O–H groups in total. The molecule has 0 radical (unpaired) electrons. The lowest BCUT2D eigenvalue weighted by Crippen LogP contribution is -2.47. The molecule has 12 nitrogen and oxygen atoms in total. The predicted molar refractivity (Wildman–Crippen MR) is 200 cm³/mol. The topological polar surface area (TPSA) is 138 Å². The Morgan fingerprint density at radius 2 is 1.70 bits per heavy atom. The van der Waals surface area contributed by atoms with Gasteiger partial charge >= 0.3 is 0 Å². The van der Waals surface area contributed by atoms with E-state index >= 15 is 8.78 Å². The van der Waals surface area contributed by atoms with E-state index in [1.165, 1.54) is 19.2 Å². The number of nitrogens with zero attached hydrogens (tertiary/aromatic N) is 3. The Hall–Kier alpha value is -3.95. The maximum absolute atomic E-state index is 15.4. The lowest BCUT2D eigenvalue weighted by Gasteiger charge is -2.38. The summed E-state index contributed by atoms with van der Waals surface area (Å²) in [5.74, 6) is 1.03. The van der Waals surface area contributed by atoms with Crippen molar-refractivity contribution >= 4 is 45.9 Å². The maximum atomic E-state index is 15.4. The van der Waals surface area contributed by atoms with Gasteiger partial charge < -0.3 is 34.3 Å². The number of amides is 2. The zero-order valence-electron chi connectivity index (χ0n) is 30.1. The second-order valence-corrected chi connectivity index (χ2v) is 15.9. The van der Waals surface area contributed by atoms with Crippen LogP contribution in [-0.4, -0.2) is 97.6 Å². The highest BCUT2D eigenvalue weighted by atomic mass is 32.2. The third-order valence-corrected chi connectivity index (χ3v) is 12.3. The molecule has 2 amide bonds. The fraction of sp³-hybridized carbons (Fsp3) is 0.579. The Bertz CT molecular complexity index is 1840. The normalized spacial score (nSPS) is 21.2. The number of nitrogens with one attached hydrogen (secondary N) is 3. The first-order valence-electron chi connectivity index (χ1n) is 18.7. The number of imide groups is 1. The number of ether oxygens (including phenoxy) is 3. The number of hydrogen-bond acceptors (Lipinski definition) is 11. The van der Waals surface area contributed by atoms with Crippen molar-refractivity contribution in [2.75, 3.05) is 69.9 Å². The van der Waals surface area contributed by atoms with Crippen LogP contribution in [0.3, 0.4) is 0 Å². The number of carbonyl (C=O) groups excluding carboxylic acids is 2. The second-order valence-electron chi connectivity index (χ2n) is 14.6. The third-order valence-electron chi connectivity index (χ3n) is 10.9. The number of aromatic nitrogens is 2. The highest BCUT2D eigenvalue weighted by molar-refractivity contribution is 7.99. The molecule has 53 heavy (non-hydrogen) atoms. The molecule has 0 bridgehead atoms. The Balaban J connectivity index is 0.862. The minimum atomic E-state index is -0.634. The van der Waals surface area contributed by atoms with Crippen LogP contribution in [0.4, 0.5) is 20.2 Å². The van der Waals surface area contributed by atoms with E-state index in [2.05, 4.69) is 30.4 Å². The number of piperidine rings is 3. The minimum absolute atomic E-state index is 0.0431. The van der Waals surface area contributed by atoms with Crippen molar-refractivity contribution < 1.29 is 32.6 Å². The van der Waals surface area contributed by atoms with E-state index in [0.717, 1.165) is 84.5 Å². The van der Waals surface area contributed by atoms with Crippen LogP contribution >= 0.6 is 11.8 Å². The van der Waals surface area contributed by atoms with Gasteiger partial charge in [0, 0.05) is 68.8 Å². The molecule has 15 heteroatoms. The van der Waals surface area contributed by atoms with Gasteiger partial charge in [-0.2, -0.15) is 11.8 Å². The van der Waals surface area contributed by atoms with Crippen molar-refractivity contribution in [3.8, 4) is 11.5 Å². The molecule has 286 valence electrons. The number of halogens is 2. The first-order chi connectivity index (χ1) is 25.7. The van der Waals surface area contributed by atoms with Crippen LogP contribution in [0.15, 0.2) is 29.1 Å². The number of rotatable bonds is 12. The van der Waals surface area contributed by atoms with Crippen LogP contribution in [0.25, 0.3) is 10.9 Å². The number of thioether (sulfide) groups is 1. The Morgan fingerprint density at radius 3 is 2.43 bits per heavy atom. The van der Waals surface area contributed by atoms with Gasteiger partial charge in [0.05, 0.1) is 36.4 Å². The van der Waals surface area contributed by atoms with Gasteiger partial charge in [-0.15, -0.1) is 0 Å². The van der Waals surface area contributed by atoms with Crippen molar-refractivity contribution in [2.24, 2.45) is 11.8 Å². The van der Waals surface area contributed by atoms with Crippen LogP contribution < -0.4 is 30.6 Å². The van der Waals surface area contributed by atoms with E-state index in [1.807, 2.05) is 0 Å². The Morgan fingerprint density at radius 1 is 0.943 bits per heavy atom. The summed E-state index contributed by atoms with van der Waals surface area (Å²) in [6, 6.07) is 5.38. The average Bonchev–Trinajstić information content (AvgIpc) is 3.15. The summed E-state index contributed by atoms with van der Waals surface area (Å²) in [4.78, 5) is 48.3. The van der Waals surface area contributed by atoms with Crippen molar-refractivity contribution in [1.82, 2.24) is 20.2 Å². The third kappa shape index (κ3) is 9.23. The molecule has 4 aliphatic heterocycles. The molecule has 1 aromatic heterocycles. The first kappa shape index (κ1) is 37.4. The summed E-state index contributed by atoms with van der Waals surface area (Å²) in [7, 11) is 1.52. The summed E-state index contributed by atoms with van der Waals surface area (Å²) >= 11 is 1.74. The molecule has 4 fully saturated rings. The SMILES string of the molecule is COc1cc(N2CCC(CN3CCC(COc4cc(F)c5c(=O)[nH]c(CSC6CCOCC6)nc5c4)CC3)CC2)c(F)cc1NC1CCC(=O)NC1=O. The average molecular weight is 755 g/mol. The lowest BCUT2D eigenvalue weighted by atomic mass is 9.93. The van der Waals surface area contributed by atoms with E-state index in [4.69, 9.17) is 14.2 Å². The first-order valence-corrected chi connectivity index (χ1v) is 19.8. The molecule has 0 saturated carbocycles. The molecule has 2 aromatic carbocycles. The van der Waals surface area contributed by atoms with Crippen molar-refractivity contribution in [3.63, 3.8) is 0 Å². The number of benzene rings is 2. The van der Waals surface area contributed by atoms with Crippen LogP contribution in [-0.2, 0) is 20.1 Å². The predicted octanol–water partition coefficient (Wildman–Crippen LogP) is 4.85. The molecule has 7 rings (SSSR count). The van der Waals surface area contributed by atoms with E-state index in [-0.39, 0.29) is 23.5 Å². The second kappa shape index (κ2) is 17.0. The van der Waals surface area contributed by atoms with E-state index in [1.54, 1.807) is 23.9 Å². The monoisotopic (exact) mass is 754 g/mol. The van der Waals surface area contributed by atoms with E-state index < -0.39 is 23.3 Å². The summed E-state index contributed by atoms with van der Waals surface area (Å²) in [6.07, 6.45) is 6.35. The zero-order chi connectivity index (χ0) is 36.9. The van der Waals surface area contributed by atoms with E-state index in [0.29, 0.717) is 70.1 Å². The molecule has 1 unspecified atom stereocenters.